The number of aryl methyl sites for hydroxylation is 1. The Hall–Kier alpha value is -2.27. The third kappa shape index (κ3) is 6.71. The standard InChI is InChI=1S/C23H30N2O2S/c1-4-15-24-23(27)21(5-2)25(16-19-9-7-6-8-10-19)22(26)17-28-20-13-11-18(3)12-14-20/h6-14,21H,4-5,15-17H2,1-3H3,(H,24,27)/t21-/m0/s1. The summed E-state index contributed by atoms with van der Waals surface area (Å²) >= 11 is 1.51. The van der Waals surface area contributed by atoms with Crippen LogP contribution < -0.4 is 5.32 Å². The number of amides is 2. The Morgan fingerprint density at radius 2 is 1.71 bits per heavy atom. The summed E-state index contributed by atoms with van der Waals surface area (Å²) in [6.07, 6.45) is 1.46. The van der Waals surface area contributed by atoms with E-state index >= 15 is 0 Å². The van der Waals surface area contributed by atoms with Crippen molar-refractivity contribution < 1.29 is 9.59 Å². The summed E-state index contributed by atoms with van der Waals surface area (Å²) in [4.78, 5) is 28.5. The summed E-state index contributed by atoms with van der Waals surface area (Å²) in [6, 6.07) is 17.5. The van der Waals surface area contributed by atoms with Crippen molar-refractivity contribution >= 4 is 23.6 Å². The normalized spacial score (nSPS) is 11.7. The first-order valence-electron chi connectivity index (χ1n) is 9.85. The van der Waals surface area contributed by atoms with Gasteiger partial charge in [-0.25, -0.2) is 0 Å². The molecule has 2 aromatic carbocycles. The largest absolute Gasteiger partial charge is 0.354 e. The molecule has 28 heavy (non-hydrogen) atoms. The maximum Gasteiger partial charge on any atom is 0.242 e. The minimum atomic E-state index is -0.460. The van der Waals surface area contributed by atoms with Gasteiger partial charge in [0.25, 0.3) is 0 Å². The molecule has 0 bridgehead atoms. The summed E-state index contributed by atoms with van der Waals surface area (Å²) in [5.41, 5.74) is 2.22. The molecule has 0 radical (unpaired) electrons. The first-order chi connectivity index (χ1) is 13.5. The molecule has 2 rings (SSSR count). The fraction of sp³-hybridized carbons (Fsp3) is 0.391. The molecule has 1 atom stereocenters. The van der Waals surface area contributed by atoms with E-state index in [1.807, 2.05) is 75.4 Å². The topological polar surface area (TPSA) is 49.4 Å². The van der Waals surface area contributed by atoms with Gasteiger partial charge in [-0.15, -0.1) is 11.8 Å². The summed E-state index contributed by atoms with van der Waals surface area (Å²) < 4.78 is 0. The van der Waals surface area contributed by atoms with E-state index in [-0.39, 0.29) is 11.8 Å². The molecule has 0 fully saturated rings. The van der Waals surface area contributed by atoms with Crippen molar-refractivity contribution in [1.82, 2.24) is 10.2 Å². The van der Waals surface area contributed by atoms with E-state index in [9.17, 15) is 9.59 Å². The Balaban J connectivity index is 2.14. The first-order valence-corrected chi connectivity index (χ1v) is 10.8. The highest BCUT2D eigenvalue weighted by molar-refractivity contribution is 8.00. The second kappa shape index (κ2) is 11.5. The number of hydrogen-bond donors (Lipinski definition) is 1. The van der Waals surface area contributed by atoms with Crippen molar-refractivity contribution in [3.8, 4) is 0 Å². The molecular weight excluding hydrogens is 368 g/mol. The molecule has 0 aliphatic carbocycles. The molecule has 0 heterocycles. The van der Waals surface area contributed by atoms with Crippen molar-refractivity contribution in [2.24, 2.45) is 0 Å². The first kappa shape index (κ1) is 22.0. The molecule has 0 spiro atoms. The van der Waals surface area contributed by atoms with Gasteiger partial charge in [0.15, 0.2) is 0 Å². The Morgan fingerprint density at radius 3 is 2.32 bits per heavy atom. The van der Waals surface area contributed by atoms with E-state index in [1.165, 1.54) is 17.3 Å². The Labute approximate surface area is 172 Å². The molecule has 0 aromatic heterocycles. The maximum absolute atomic E-state index is 13.1. The molecular formula is C23H30N2O2S. The fourth-order valence-electron chi connectivity index (χ4n) is 2.93. The van der Waals surface area contributed by atoms with Crippen molar-refractivity contribution in [3.63, 3.8) is 0 Å². The van der Waals surface area contributed by atoms with Crippen LogP contribution in [0.1, 0.15) is 37.8 Å². The van der Waals surface area contributed by atoms with Gasteiger partial charge in [-0.2, -0.15) is 0 Å². The minimum Gasteiger partial charge on any atom is -0.354 e. The predicted octanol–water partition coefficient (Wildman–Crippen LogP) is 4.42. The molecule has 0 saturated carbocycles. The van der Waals surface area contributed by atoms with Crippen LogP contribution in [-0.4, -0.2) is 35.1 Å². The molecule has 2 amide bonds. The third-order valence-corrected chi connectivity index (χ3v) is 5.51. The van der Waals surface area contributed by atoms with Gasteiger partial charge in [-0.1, -0.05) is 61.9 Å². The number of rotatable bonds is 10. The van der Waals surface area contributed by atoms with Crippen LogP contribution in [0.15, 0.2) is 59.5 Å². The number of nitrogens with one attached hydrogen (secondary N) is 1. The second-order valence-electron chi connectivity index (χ2n) is 6.82. The van der Waals surface area contributed by atoms with Crippen LogP contribution in [0.2, 0.25) is 0 Å². The monoisotopic (exact) mass is 398 g/mol. The fourth-order valence-corrected chi connectivity index (χ4v) is 3.71. The summed E-state index contributed by atoms with van der Waals surface area (Å²) in [7, 11) is 0. The molecule has 5 heteroatoms. The second-order valence-corrected chi connectivity index (χ2v) is 7.87. The van der Waals surface area contributed by atoms with Crippen molar-refractivity contribution in [3.05, 3.63) is 65.7 Å². The lowest BCUT2D eigenvalue weighted by Gasteiger charge is -2.30. The van der Waals surface area contributed by atoms with Gasteiger partial charge < -0.3 is 10.2 Å². The quantitative estimate of drug-likeness (QED) is 0.603. The number of carbonyl (C=O) groups excluding carboxylic acids is 2. The number of hydrogen-bond acceptors (Lipinski definition) is 3. The molecule has 0 aliphatic rings. The van der Waals surface area contributed by atoms with Crippen LogP contribution in [0.4, 0.5) is 0 Å². The Morgan fingerprint density at radius 1 is 1.04 bits per heavy atom. The van der Waals surface area contributed by atoms with Gasteiger partial charge in [0.05, 0.1) is 5.75 Å². The van der Waals surface area contributed by atoms with Gasteiger partial charge in [-0.3, -0.25) is 9.59 Å². The zero-order chi connectivity index (χ0) is 20.4. The smallest absolute Gasteiger partial charge is 0.242 e. The maximum atomic E-state index is 13.1. The van der Waals surface area contributed by atoms with Gasteiger partial charge in [0, 0.05) is 18.0 Å². The number of carbonyl (C=O) groups is 2. The van der Waals surface area contributed by atoms with Gasteiger partial charge >= 0.3 is 0 Å². The Kier molecular flexibility index (Phi) is 9.08. The zero-order valence-electron chi connectivity index (χ0n) is 17.0. The van der Waals surface area contributed by atoms with Crippen molar-refractivity contribution in [2.75, 3.05) is 12.3 Å². The lowest BCUT2D eigenvalue weighted by molar-refractivity contribution is -0.139. The number of benzene rings is 2. The highest BCUT2D eigenvalue weighted by Crippen LogP contribution is 2.21. The summed E-state index contributed by atoms with van der Waals surface area (Å²) in [5, 5.41) is 2.94. The highest BCUT2D eigenvalue weighted by Gasteiger charge is 2.28. The Bertz CT molecular complexity index is 747. The highest BCUT2D eigenvalue weighted by atomic mass is 32.2. The van der Waals surface area contributed by atoms with Gasteiger partial charge in [-0.05, 0) is 37.5 Å². The molecule has 4 nitrogen and oxygen atoms in total. The molecule has 0 aliphatic heterocycles. The average molecular weight is 399 g/mol. The SMILES string of the molecule is CCCNC(=O)[C@H](CC)N(Cc1ccccc1)C(=O)CSc1ccc(C)cc1. The molecule has 2 aromatic rings. The van der Waals surface area contributed by atoms with Crippen molar-refractivity contribution in [1.29, 1.82) is 0 Å². The lowest BCUT2D eigenvalue weighted by atomic mass is 10.1. The van der Waals surface area contributed by atoms with Crippen LogP contribution in [0.5, 0.6) is 0 Å². The lowest BCUT2D eigenvalue weighted by Crippen LogP contribution is -2.49. The minimum absolute atomic E-state index is 0.0204. The molecule has 0 unspecified atom stereocenters. The van der Waals surface area contributed by atoms with Crippen LogP contribution >= 0.6 is 11.8 Å². The van der Waals surface area contributed by atoms with E-state index in [2.05, 4.69) is 5.32 Å². The molecule has 0 saturated heterocycles. The van der Waals surface area contributed by atoms with E-state index in [0.717, 1.165) is 16.9 Å². The summed E-state index contributed by atoms with van der Waals surface area (Å²) in [5.74, 6) is 0.217. The molecule has 150 valence electrons. The van der Waals surface area contributed by atoms with Crippen LogP contribution in [0.25, 0.3) is 0 Å². The number of nitrogens with zero attached hydrogens (tertiary/aromatic N) is 1. The predicted molar refractivity (Wildman–Crippen MR) is 116 cm³/mol. The third-order valence-electron chi connectivity index (χ3n) is 4.51. The van der Waals surface area contributed by atoms with Gasteiger partial charge in [0.2, 0.25) is 11.8 Å². The zero-order valence-corrected chi connectivity index (χ0v) is 17.8. The van der Waals surface area contributed by atoms with Gasteiger partial charge in [0.1, 0.15) is 6.04 Å². The van der Waals surface area contributed by atoms with Crippen LogP contribution in [0, 0.1) is 6.92 Å². The van der Waals surface area contributed by atoms with E-state index in [0.29, 0.717) is 25.3 Å². The number of thioether (sulfide) groups is 1. The van der Waals surface area contributed by atoms with Crippen LogP contribution in [0.3, 0.4) is 0 Å². The molecule has 1 N–H and O–H groups in total. The van der Waals surface area contributed by atoms with E-state index < -0.39 is 6.04 Å². The van der Waals surface area contributed by atoms with E-state index in [4.69, 9.17) is 0 Å². The summed E-state index contributed by atoms with van der Waals surface area (Å²) in [6.45, 7) is 7.08. The van der Waals surface area contributed by atoms with Crippen LogP contribution in [-0.2, 0) is 16.1 Å². The van der Waals surface area contributed by atoms with Crippen molar-refractivity contribution in [2.45, 2.75) is 51.1 Å². The average Bonchev–Trinajstić information content (AvgIpc) is 2.72. The van der Waals surface area contributed by atoms with E-state index in [1.54, 1.807) is 4.90 Å².